The van der Waals surface area contributed by atoms with Crippen molar-refractivity contribution in [3.63, 3.8) is 0 Å². The smallest absolute Gasteiger partial charge is 0.293 e. The van der Waals surface area contributed by atoms with Crippen molar-refractivity contribution in [3.8, 4) is 10.6 Å². The van der Waals surface area contributed by atoms with Crippen LogP contribution in [0.5, 0.6) is 0 Å². The van der Waals surface area contributed by atoms with Crippen LogP contribution in [0.1, 0.15) is 11.3 Å². The number of hydrogen-bond acceptors (Lipinski definition) is 7. The second kappa shape index (κ2) is 10.1. The molecule has 3 amide bonds. The maximum atomic E-state index is 12.5. The maximum absolute atomic E-state index is 12.5. The molecule has 1 aromatic carbocycles. The molecule has 0 spiro atoms. The first-order chi connectivity index (χ1) is 15.5. The van der Waals surface area contributed by atoms with Crippen molar-refractivity contribution in [1.82, 2.24) is 20.2 Å². The van der Waals surface area contributed by atoms with Gasteiger partial charge in [0.05, 0.1) is 17.0 Å². The third-order valence-corrected chi connectivity index (χ3v) is 6.60. The molecule has 0 saturated carbocycles. The third-order valence-electron chi connectivity index (χ3n) is 4.50. The molecule has 3 aromatic rings. The SMILES string of the molecule is O=C(Cc1csc(-c2ccc(Cl)cc2)n1)NCCN1C(=O)S/C(=C\c2cccnc2)C1=O. The summed E-state index contributed by atoms with van der Waals surface area (Å²) in [6.07, 6.45) is 5.00. The van der Waals surface area contributed by atoms with E-state index in [4.69, 9.17) is 11.6 Å². The zero-order valence-electron chi connectivity index (χ0n) is 16.7. The number of halogens is 1. The molecule has 1 saturated heterocycles. The minimum absolute atomic E-state index is 0.105. The number of nitrogens with zero attached hydrogens (tertiary/aromatic N) is 3. The number of benzene rings is 1. The predicted molar refractivity (Wildman–Crippen MR) is 126 cm³/mol. The van der Waals surface area contributed by atoms with Crippen LogP contribution in [-0.2, 0) is 16.0 Å². The summed E-state index contributed by atoms with van der Waals surface area (Å²) in [7, 11) is 0. The van der Waals surface area contributed by atoms with Crippen LogP contribution in [0.15, 0.2) is 59.1 Å². The second-order valence-electron chi connectivity index (χ2n) is 6.80. The van der Waals surface area contributed by atoms with Crippen LogP contribution in [0, 0.1) is 0 Å². The Morgan fingerprint density at radius 1 is 1.19 bits per heavy atom. The van der Waals surface area contributed by atoms with Gasteiger partial charge in [-0.3, -0.25) is 24.3 Å². The summed E-state index contributed by atoms with van der Waals surface area (Å²) in [5.41, 5.74) is 2.33. The average Bonchev–Trinajstić information content (AvgIpc) is 3.35. The van der Waals surface area contributed by atoms with E-state index >= 15 is 0 Å². The fraction of sp³-hybridized carbons (Fsp3) is 0.136. The van der Waals surface area contributed by atoms with E-state index in [9.17, 15) is 14.4 Å². The van der Waals surface area contributed by atoms with Gasteiger partial charge in [0.1, 0.15) is 5.01 Å². The number of aromatic nitrogens is 2. The van der Waals surface area contributed by atoms with Crippen LogP contribution in [0.2, 0.25) is 5.02 Å². The van der Waals surface area contributed by atoms with Crippen LogP contribution in [0.4, 0.5) is 4.79 Å². The van der Waals surface area contributed by atoms with Crippen LogP contribution in [0.3, 0.4) is 0 Å². The van der Waals surface area contributed by atoms with Gasteiger partial charge >= 0.3 is 0 Å². The van der Waals surface area contributed by atoms with Crippen LogP contribution in [0.25, 0.3) is 16.6 Å². The van der Waals surface area contributed by atoms with E-state index in [-0.39, 0.29) is 36.6 Å². The van der Waals surface area contributed by atoms with Gasteiger partial charge in [0.15, 0.2) is 0 Å². The minimum atomic E-state index is -0.370. The largest absolute Gasteiger partial charge is 0.354 e. The fourth-order valence-corrected chi connectivity index (χ4v) is 4.77. The summed E-state index contributed by atoms with van der Waals surface area (Å²) < 4.78 is 0. The van der Waals surface area contributed by atoms with E-state index in [0.717, 1.165) is 32.8 Å². The van der Waals surface area contributed by atoms with Crippen molar-refractivity contribution in [2.75, 3.05) is 13.1 Å². The van der Waals surface area contributed by atoms with Gasteiger partial charge < -0.3 is 5.32 Å². The van der Waals surface area contributed by atoms with Crippen molar-refractivity contribution in [2.24, 2.45) is 0 Å². The Balaban J connectivity index is 1.28. The van der Waals surface area contributed by atoms with E-state index in [1.807, 2.05) is 17.5 Å². The number of carbonyl (C=O) groups is 3. The number of nitrogens with one attached hydrogen (secondary N) is 1. The zero-order chi connectivity index (χ0) is 22.5. The molecule has 10 heteroatoms. The molecule has 1 aliphatic rings. The Hall–Kier alpha value is -3.01. The van der Waals surface area contributed by atoms with Gasteiger partial charge in [0.2, 0.25) is 5.91 Å². The number of amides is 3. The molecule has 2 aromatic heterocycles. The molecule has 0 unspecified atom stereocenters. The van der Waals surface area contributed by atoms with Crippen molar-refractivity contribution in [3.05, 3.63) is 75.4 Å². The Bertz CT molecular complexity index is 1180. The van der Waals surface area contributed by atoms with E-state index in [1.54, 1.807) is 42.7 Å². The molecular formula is C22H17ClN4O3S2. The Labute approximate surface area is 197 Å². The summed E-state index contributed by atoms with van der Waals surface area (Å²) in [6, 6.07) is 10.9. The average molecular weight is 485 g/mol. The highest BCUT2D eigenvalue weighted by Crippen LogP contribution is 2.31. The number of thioether (sulfide) groups is 1. The van der Waals surface area contributed by atoms with Crippen molar-refractivity contribution >= 4 is 57.8 Å². The first-order valence-electron chi connectivity index (χ1n) is 9.62. The first-order valence-corrected chi connectivity index (χ1v) is 11.7. The highest BCUT2D eigenvalue weighted by atomic mass is 35.5. The van der Waals surface area contributed by atoms with Gasteiger partial charge in [-0.2, -0.15) is 0 Å². The number of rotatable bonds is 7. The topological polar surface area (TPSA) is 92.3 Å². The third kappa shape index (κ3) is 5.42. The molecule has 1 fully saturated rings. The van der Waals surface area contributed by atoms with Crippen molar-refractivity contribution in [2.45, 2.75) is 6.42 Å². The minimum Gasteiger partial charge on any atom is -0.354 e. The molecule has 0 aliphatic carbocycles. The maximum Gasteiger partial charge on any atom is 0.293 e. The number of carbonyl (C=O) groups excluding carboxylic acids is 3. The zero-order valence-corrected chi connectivity index (χ0v) is 19.0. The highest BCUT2D eigenvalue weighted by molar-refractivity contribution is 8.18. The van der Waals surface area contributed by atoms with E-state index in [0.29, 0.717) is 15.6 Å². The molecule has 1 N–H and O–H groups in total. The lowest BCUT2D eigenvalue weighted by Gasteiger charge is -2.12. The van der Waals surface area contributed by atoms with Gasteiger partial charge in [0.25, 0.3) is 11.1 Å². The summed E-state index contributed by atoms with van der Waals surface area (Å²) in [4.78, 5) is 46.9. The summed E-state index contributed by atoms with van der Waals surface area (Å²) in [5.74, 6) is -0.596. The Morgan fingerprint density at radius 2 is 2.00 bits per heavy atom. The van der Waals surface area contributed by atoms with Gasteiger partial charge in [-0.1, -0.05) is 29.8 Å². The van der Waals surface area contributed by atoms with Crippen molar-refractivity contribution < 1.29 is 14.4 Å². The fourth-order valence-electron chi connectivity index (χ4n) is 2.95. The Kier molecular flexibility index (Phi) is 6.99. The molecular weight excluding hydrogens is 468 g/mol. The number of imide groups is 1. The second-order valence-corrected chi connectivity index (χ2v) is 9.09. The van der Waals surface area contributed by atoms with Crippen LogP contribution in [-0.4, -0.2) is 45.0 Å². The summed E-state index contributed by atoms with van der Waals surface area (Å²) in [6.45, 7) is 0.277. The van der Waals surface area contributed by atoms with Crippen LogP contribution >= 0.6 is 34.7 Å². The molecule has 7 nitrogen and oxygen atoms in total. The molecule has 162 valence electrons. The lowest BCUT2D eigenvalue weighted by molar-refractivity contribution is -0.124. The first kappa shape index (κ1) is 22.2. The van der Waals surface area contributed by atoms with E-state index in [1.165, 1.54) is 11.3 Å². The van der Waals surface area contributed by atoms with Crippen molar-refractivity contribution in [1.29, 1.82) is 0 Å². The van der Waals surface area contributed by atoms with E-state index < -0.39 is 0 Å². The lowest BCUT2D eigenvalue weighted by atomic mass is 10.2. The summed E-state index contributed by atoms with van der Waals surface area (Å²) >= 11 is 8.24. The molecule has 0 bridgehead atoms. The number of thiazole rings is 1. The van der Waals surface area contributed by atoms with Gasteiger partial charge in [-0.15, -0.1) is 11.3 Å². The quantitative estimate of drug-likeness (QED) is 0.504. The molecule has 3 heterocycles. The summed E-state index contributed by atoms with van der Waals surface area (Å²) in [5, 5.41) is 5.68. The normalized spacial score (nSPS) is 14.9. The van der Waals surface area contributed by atoms with E-state index in [2.05, 4.69) is 15.3 Å². The highest BCUT2D eigenvalue weighted by Gasteiger charge is 2.34. The lowest BCUT2D eigenvalue weighted by Crippen LogP contribution is -2.37. The molecule has 32 heavy (non-hydrogen) atoms. The Morgan fingerprint density at radius 3 is 2.75 bits per heavy atom. The van der Waals surface area contributed by atoms with Gasteiger partial charge in [0, 0.05) is 41.4 Å². The number of pyridine rings is 1. The molecule has 0 atom stereocenters. The van der Waals surface area contributed by atoms with Crippen LogP contribution < -0.4 is 5.32 Å². The molecule has 1 aliphatic heterocycles. The van der Waals surface area contributed by atoms with Gasteiger partial charge in [-0.25, -0.2) is 4.98 Å². The predicted octanol–water partition coefficient (Wildman–Crippen LogP) is 4.25. The standard InChI is InChI=1S/C22H17ClN4O3S2/c23-16-5-3-15(4-6-16)20-26-17(13-31-20)11-19(28)25-8-9-27-21(29)18(32-22(27)30)10-14-2-1-7-24-12-14/h1-7,10,12-13H,8-9,11H2,(H,25,28)/b18-10-. The number of hydrogen-bond donors (Lipinski definition) is 1. The molecule has 0 radical (unpaired) electrons. The molecule has 4 rings (SSSR count). The monoisotopic (exact) mass is 484 g/mol. The van der Waals surface area contributed by atoms with Gasteiger partial charge in [-0.05, 0) is 41.6 Å².